The molecule has 4 unspecified atom stereocenters. The van der Waals surface area contributed by atoms with E-state index in [1.165, 1.54) is 51.5 Å². The number of hydrogen-bond donors (Lipinski definition) is 2. The van der Waals surface area contributed by atoms with Gasteiger partial charge in [0.05, 0.1) is 6.04 Å². The molecule has 3 fully saturated rings. The molecule has 2 N–H and O–H groups in total. The van der Waals surface area contributed by atoms with Gasteiger partial charge in [0.15, 0.2) is 0 Å². The highest BCUT2D eigenvalue weighted by molar-refractivity contribution is 5.82. The zero-order chi connectivity index (χ0) is 14.7. The molecular formula is C17H31N3O. The smallest absolute Gasteiger partial charge is 0.237 e. The molecule has 0 aromatic rings. The summed E-state index contributed by atoms with van der Waals surface area (Å²) in [5.74, 6) is 0.988. The topological polar surface area (TPSA) is 44.4 Å². The van der Waals surface area contributed by atoms with Crippen LogP contribution in [-0.4, -0.2) is 48.6 Å². The number of piperidine rings is 1. The number of carbonyl (C=O) groups excluding carboxylic acids is 1. The molecular weight excluding hydrogens is 262 g/mol. The van der Waals surface area contributed by atoms with Crippen LogP contribution in [-0.2, 0) is 4.79 Å². The number of nitrogens with one attached hydrogen (secondary N) is 2. The third kappa shape index (κ3) is 3.59. The number of carbonyl (C=O) groups is 1. The fraction of sp³-hybridized carbons (Fsp3) is 0.941. The van der Waals surface area contributed by atoms with E-state index in [-0.39, 0.29) is 11.9 Å². The summed E-state index contributed by atoms with van der Waals surface area (Å²) in [5, 5.41) is 6.81. The van der Waals surface area contributed by atoms with Crippen molar-refractivity contribution in [1.29, 1.82) is 0 Å². The van der Waals surface area contributed by atoms with Crippen LogP contribution in [0.15, 0.2) is 0 Å². The molecule has 120 valence electrons. The van der Waals surface area contributed by atoms with E-state index in [9.17, 15) is 4.79 Å². The molecule has 2 aliphatic heterocycles. The minimum absolute atomic E-state index is 0.0665. The Morgan fingerprint density at radius 2 is 2.00 bits per heavy atom. The molecule has 0 bridgehead atoms. The Bertz CT molecular complexity index is 346. The highest BCUT2D eigenvalue weighted by Crippen LogP contribution is 2.33. The molecule has 3 aliphatic rings. The summed E-state index contributed by atoms with van der Waals surface area (Å²) in [6, 6.07) is 1.23. The molecule has 1 amide bonds. The van der Waals surface area contributed by atoms with E-state index >= 15 is 0 Å². The van der Waals surface area contributed by atoms with Crippen molar-refractivity contribution < 1.29 is 4.79 Å². The van der Waals surface area contributed by atoms with Crippen LogP contribution >= 0.6 is 0 Å². The number of amides is 1. The van der Waals surface area contributed by atoms with Gasteiger partial charge in [-0.3, -0.25) is 9.69 Å². The molecule has 4 nitrogen and oxygen atoms in total. The Hall–Kier alpha value is -0.610. The average molecular weight is 293 g/mol. The quantitative estimate of drug-likeness (QED) is 0.832. The zero-order valence-electron chi connectivity index (χ0n) is 13.4. The molecule has 4 heteroatoms. The van der Waals surface area contributed by atoms with Crippen molar-refractivity contribution in [3.63, 3.8) is 0 Å². The van der Waals surface area contributed by atoms with E-state index in [4.69, 9.17) is 0 Å². The van der Waals surface area contributed by atoms with Gasteiger partial charge in [0, 0.05) is 18.6 Å². The van der Waals surface area contributed by atoms with Gasteiger partial charge in [0.25, 0.3) is 0 Å². The lowest BCUT2D eigenvalue weighted by atomic mass is 9.85. The molecule has 0 aromatic heterocycles. The van der Waals surface area contributed by atoms with Gasteiger partial charge >= 0.3 is 0 Å². The van der Waals surface area contributed by atoms with Crippen molar-refractivity contribution in [3.05, 3.63) is 0 Å². The molecule has 2 saturated heterocycles. The zero-order valence-corrected chi connectivity index (χ0v) is 13.4. The van der Waals surface area contributed by atoms with E-state index in [1.54, 1.807) is 0 Å². The normalized spacial score (nSPS) is 37.2. The average Bonchev–Trinajstić information content (AvgIpc) is 2.97. The third-order valence-corrected chi connectivity index (χ3v) is 5.85. The lowest BCUT2D eigenvalue weighted by Gasteiger charge is -2.35. The number of hydrogen-bond acceptors (Lipinski definition) is 3. The van der Waals surface area contributed by atoms with Crippen molar-refractivity contribution in [2.45, 2.75) is 76.4 Å². The van der Waals surface area contributed by atoms with E-state index in [0.717, 1.165) is 25.4 Å². The van der Waals surface area contributed by atoms with Crippen LogP contribution in [0, 0.1) is 5.92 Å². The Kier molecular flexibility index (Phi) is 5.17. The van der Waals surface area contributed by atoms with Crippen molar-refractivity contribution in [3.8, 4) is 0 Å². The maximum absolute atomic E-state index is 12.4. The lowest BCUT2D eigenvalue weighted by molar-refractivity contribution is -0.123. The summed E-state index contributed by atoms with van der Waals surface area (Å²) in [6.45, 7) is 5.36. The monoisotopic (exact) mass is 293 g/mol. The SMILES string of the molecule is CCN1CCCCC1CNC(=O)C1CC2CCCCC2N1. The van der Waals surface area contributed by atoms with E-state index < -0.39 is 0 Å². The number of fused-ring (bicyclic) bond motifs is 1. The summed E-state index contributed by atoms with van der Waals surface area (Å²) in [6.07, 6.45) is 10.2. The first-order valence-electron chi connectivity index (χ1n) is 9.05. The highest BCUT2D eigenvalue weighted by Gasteiger charge is 2.38. The predicted octanol–water partition coefficient (Wildman–Crippen LogP) is 1.90. The maximum Gasteiger partial charge on any atom is 0.237 e. The van der Waals surface area contributed by atoms with Crippen molar-refractivity contribution in [2.24, 2.45) is 5.92 Å². The van der Waals surface area contributed by atoms with E-state index in [1.807, 2.05) is 0 Å². The molecule has 1 saturated carbocycles. The minimum atomic E-state index is 0.0665. The molecule has 0 aromatic carbocycles. The summed E-state index contributed by atoms with van der Waals surface area (Å²) in [7, 11) is 0. The first-order chi connectivity index (χ1) is 10.3. The van der Waals surface area contributed by atoms with Crippen molar-refractivity contribution in [1.82, 2.24) is 15.5 Å². The first-order valence-corrected chi connectivity index (χ1v) is 9.05. The second kappa shape index (κ2) is 7.10. The number of nitrogens with zero attached hydrogens (tertiary/aromatic N) is 1. The van der Waals surface area contributed by atoms with Gasteiger partial charge in [0.1, 0.15) is 0 Å². The van der Waals surface area contributed by atoms with Crippen LogP contribution in [0.3, 0.4) is 0 Å². The molecule has 1 aliphatic carbocycles. The third-order valence-electron chi connectivity index (χ3n) is 5.85. The van der Waals surface area contributed by atoms with Gasteiger partial charge in [-0.15, -0.1) is 0 Å². The highest BCUT2D eigenvalue weighted by atomic mass is 16.2. The molecule has 0 radical (unpaired) electrons. The van der Waals surface area contributed by atoms with Gasteiger partial charge in [-0.25, -0.2) is 0 Å². The summed E-state index contributed by atoms with van der Waals surface area (Å²) >= 11 is 0. The number of likely N-dealkylation sites (tertiary alicyclic amines) is 1. The Balaban J connectivity index is 1.46. The number of rotatable bonds is 4. The maximum atomic E-state index is 12.4. The summed E-state index contributed by atoms with van der Waals surface area (Å²) < 4.78 is 0. The Morgan fingerprint density at radius 3 is 2.81 bits per heavy atom. The van der Waals surface area contributed by atoms with Crippen LogP contribution in [0.4, 0.5) is 0 Å². The van der Waals surface area contributed by atoms with Crippen LogP contribution in [0.5, 0.6) is 0 Å². The first kappa shape index (κ1) is 15.3. The second-order valence-electron chi connectivity index (χ2n) is 7.13. The number of likely N-dealkylation sites (N-methyl/N-ethyl adjacent to an activating group) is 1. The molecule has 0 spiro atoms. The van der Waals surface area contributed by atoms with E-state index in [2.05, 4.69) is 22.5 Å². The Morgan fingerprint density at radius 1 is 1.19 bits per heavy atom. The van der Waals surface area contributed by atoms with Crippen molar-refractivity contribution >= 4 is 5.91 Å². The van der Waals surface area contributed by atoms with Crippen LogP contribution in [0.2, 0.25) is 0 Å². The van der Waals surface area contributed by atoms with Gasteiger partial charge in [-0.2, -0.15) is 0 Å². The molecule has 21 heavy (non-hydrogen) atoms. The second-order valence-corrected chi connectivity index (χ2v) is 7.13. The summed E-state index contributed by atoms with van der Waals surface area (Å²) in [4.78, 5) is 15.0. The van der Waals surface area contributed by atoms with Gasteiger partial charge < -0.3 is 10.6 Å². The van der Waals surface area contributed by atoms with Crippen LogP contribution in [0.1, 0.15) is 58.3 Å². The standard InChI is InChI=1S/C17H31N3O/c1-2-20-10-6-5-8-14(20)12-18-17(21)16-11-13-7-3-4-9-15(13)19-16/h13-16,19H,2-12H2,1H3,(H,18,21). The molecule has 4 atom stereocenters. The van der Waals surface area contributed by atoms with Gasteiger partial charge in [-0.1, -0.05) is 26.2 Å². The fourth-order valence-electron chi connectivity index (χ4n) is 4.57. The minimum Gasteiger partial charge on any atom is -0.353 e. The molecule has 3 rings (SSSR count). The van der Waals surface area contributed by atoms with Gasteiger partial charge in [-0.05, 0) is 51.1 Å². The fourth-order valence-corrected chi connectivity index (χ4v) is 4.57. The van der Waals surface area contributed by atoms with Gasteiger partial charge in [0.2, 0.25) is 5.91 Å². The van der Waals surface area contributed by atoms with E-state index in [0.29, 0.717) is 12.1 Å². The Labute approximate surface area is 129 Å². The summed E-state index contributed by atoms with van der Waals surface area (Å²) in [5.41, 5.74) is 0. The predicted molar refractivity (Wildman–Crippen MR) is 85.2 cm³/mol. The van der Waals surface area contributed by atoms with Crippen LogP contribution < -0.4 is 10.6 Å². The van der Waals surface area contributed by atoms with Crippen molar-refractivity contribution in [2.75, 3.05) is 19.6 Å². The molecule has 2 heterocycles. The largest absolute Gasteiger partial charge is 0.353 e. The lowest BCUT2D eigenvalue weighted by Crippen LogP contribution is -2.50. The van der Waals surface area contributed by atoms with Crippen LogP contribution in [0.25, 0.3) is 0 Å².